The van der Waals surface area contributed by atoms with Gasteiger partial charge in [0.1, 0.15) is 18.2 Å². The molecule has 2 unspecified atom stereocenters. The monoisotopic (exact) mass is 265 g/mol. The summed E-state index contributed by atoms with van der Waals surface area (Å²) in [5.41, 5.74) is 5.79. The Hall–Kier alpha value is -1.40. The molecule has 2 heterocycles. The summed E-state index contributed by atoms with van der Waals surface area (Å²) in [7, 11) is 3.79. The first-order valence-electron chi connectivity index (χ1n) is 6.67. The zero-order valence-electron chi connectivity index (χ0n) is 11.9. The molecule has 1 aromatic heterocycles. The summed E-state index contributed by atoms with van der Waals surface area (Å²) in [6.45, 7) is 3.73. The zero-order chi connectivity index (χ0) is 13.8. The fourth-order valence-electron chi connectivity index (χ4n) is 2.41. The van der Waals surface area contributed by atoms with E-state index in [2.05, 4.69) is 34.2 Å². The van der Waals surface area contributed by atoms with E-state index in [4.69, 9.17) is 10.5 Å². The highest BCUT2D eigenvalue weighted by molar-refractivity contribution is 5.45. The lowest BCUT2D eigenvalue weighted by atomic mass is 9.99. The van der Waals surface area contributed by atoms with Crippen molar-refractivity contribution >= 4 is 11.6 Å². The molecule has 0 aliphatic carbocycles. The molecule has 19 heavy (non-hydrogen) atoms. The van der Waals surface area contributed by atoms with Crippen LogP contribution in [0.2, 0.25) is 0 Å². The fourth-order valence-corrected chi connectivity index (χ4v) is 2.41. The third kappa shape index (κ3) is 3.78. The van der Waals surface area contributed by atoms with E-state index in [0.29, 0.717) is 30.3 Å². The maximum absolute atomic E-state index is 5.79. The summed E-state index contributed by atoms with van der Waals surface area (Å²) in [5.74, 6) is 1.89. The number of likely N-dealkylation sites (tertiary alicyclic amines) is 1. The number of rotatable bonds is 4. The summed E-state index contributed by atoms with van der Waals surface area (Å²) >= 11 is 0. The highest BCUT2D eigenvalue weighted by Crippen LogP contribution is 2.19. The number of hydrogen-bond acceptors (Lipinski definition) is 6. The first-order valence-corrected chi connectivity index (χ1v) is 6.67. The predicted octanol–water partition coefficient (Wildman–Crippen LogP) is 1.10. The normalized spacial score (nSPS) is 24.4. The molecule has 1 aromatic rings. The van der Waals surface area contributed by atoms with E-state index in [0.717, 1.165) is 25.2 Å². The molecule has 0 aromatic carbocycles. The molecule has 0 spiro atoms. The van der Waals surface area contributed by atoms with Gasteiger partial charge in [0.25, 0.3) is 0 Å². The van der Waals surface area contributed by atoms with Crippen LogP contribution in [-0.4, -0.2) is 47.7 Å². The molecule has 1 fully saturated rings. The molecular weight excluding hydrogens is 242 g/mol. The lowest BCUT2D eigenvalue weighted by Gasteiger charge is -2.35. The Labute approximate surface area is 114 Å². The van der Waals surface area contributed by atoms with Crippen LogP contribution < -0.4 is 11.1 Å². The van der Waals surface area contributed by atoms with Gasteiger partial charge in [-0.3, -0.25) is 0 Å². The molecule has 1 saturated heterocycles. The van der Waals surface area contributed by atoms with Crippen molar-refractivity contribution in [3.63, 3.8) is 0 Å². The van der Waals surface area contributed by atoms with Crippen molar-refractivity contribution < 1.29 is 4.74 Å². The predicted molar refractivity (Wildman–Crippen MR) is 75.9 cm³/mol. The number of methoxy groups -OCH3 is 1. The van der Waals surface area contributed by atoms with Crippen molar-refractivity contribution in [2.75, 3.05) is 31.8 Å². The van der Waals surface area contributed by atoms with Gasteiger partial charge in [0.15, 0.2) is 5.82 Å². The number of anilines is 2. The Balaban J connectivity index is 2.02. The number of aromatic nitrogens is 2. The second-order valence-corrected chi connectivity index (χ2v) is 5.22. The highest BCUT2D eigenvalue weighted by atomic mass is 16.5. The molecule has 0 amide bonds. The fraction of sp³-hybridized carbons (Fsp3) is 0.692. The maximum atomic E-state index is 5.79. The minimum absolute atomic E-state index is 0.378. The highest BCUT2D eigenvalue weighted by Gasteiger charge is 2.22. The molecule has 0 bridgehead atoms. The number of nitrogens with one attached hydrogen (secondary N) is 1. The van der Waals surface area contributed by atoms with Gasteiger partial charge in [-0.2, -0.15) is 0 Å². The number of nitrogen functional groups attached to an aromatic ring is 1. The van der Waals surface area contributed by atoms with Gasteiger partial charge in [-0.25, -0.2) is 9.97 Å². The number of ether oxygens (including phenoxy) is 1. The van der Waals surface area contributed by atoms with Gasteiger partial charge >= 0.3 is 0 Å². The van der Waals surface area contributed by atoms with Crippen molar-refractivity contribution in [1.82, 2.24) is 14.9 Å². The Kier molecular flexibility index (Phi) is 4.55. The van der Waals surface area contributed by atoms with Crippen LogP contribution in [0.1, 0.15) is 25.6 Å². The Morgan fingerprint density at radius 2 is 2.32 bits per heavy atom. The third-order valence-corrected chi connectivity index (χ3v) is 3.63. The van der Waals surface area contributed by atoms with Crippen LogP contribution in [-0.2, 0) is 11.3 Å². The first-order chi connectivity index (χ1) is 9.08. The van der Waals surface area contributed by atoms with Crippen molar-refractivity contribution in [3.8, 4) is 0 Å². The Morgan fingerprint density at radius 1 is 1.53 bits per heavy atom. The summed E-state index contributed by atoms with van der Waals surface area (Å²) in [4.78, 5) is 10.9. The summed E-state index contributed by atoms with van der Waals surface area (Å²) in [6, 6.07) is 2.81. The van der Waals surface area contributed by atoms with Crippen LogP contribution >= 0.6 is 0 Å². The first kappa shape index (κ1) is 14.0. The van der Waals surface area contributed by atoms with Gasteiger partial charge in [0.2, 0.25) is 0 Å². The van der Waals surface area contributed by atoms with E-state index in [9.17, 15) is 0 Å². The van der Waals surface area contributed by atoms with Gasteiger partial charge in [-0.15, -0.1) is 0 Å². The van der Waals surface area contributed by atoms with E-state index in [-0.39, 0.29) is 0 Å². The van der Waals surface area contributed by atoms with Crippen molar-refractivity contribution in [3.05, 3.63) is 11.9 Å². The molecule has 6 nitrogen and oxygen atoms in total. The van der Waals surface area contributed by atoms with Crippen LogP contribution in [0.5, 0.6) is 0 Å². The molecule has 3 N–H and O–H groups in total. The van der Waals surface area contributed by atoms with Crippen LogP contribution in [0.15, 0.2) is 6.07 Å². The van der Waals surface area contributed by atoms with Crippen LogP contribution in [0.3, 0.4) is 0 Å². The number of nitrogens with two attached hydrogens (primary N) is 1. The Morgan fingerprint density at radius 3 is 3.00 bits per heavy atom. The second-order valence-electron chi connectivity index (χ2n) is 5.22. The SMILES string of the molecule is COCc1nc(N)cc(NC2CCN(C)C(C)C2)n1. The average molecular weight is 265 g/mol. The minimum atomic E-state index is 0.378. The van der Waals surface area contributed by atoms with Crippen LogP contribution in [0.25, 0.3) is 0 Å². The summed E-state index contributed by atoms with van der Waals surface area (Å²) < 4.78 is 5.04. The summed E-state index contributed by atoms with van der Waals surface area (Å²) in [5, 5.41) is 3.46. The van der Waals surface area contributed by atoms with Crippen LogP contribution in [0.4, 0.5) is 11.6 Å². The lowest BCUT2D eigenvalue weighted by Crippen LogP contribution is -2.42. The minimum Gasteiger partial charge on any atom is -0.384 e. The lowest BCUT2D eigenvalue weighted by molar-refractivity contribution is 0.177. The molecule has 0 saturated carbocycles. The van der Waals surface area contributed by atoms with Crippen LogP contribution in [0, 0.1) is 0 Å². The molecule has 2 atom stereocenters. The van der Waals surface area contributed by atoms with Gasteiger partial charge in [-0.05, 0) is 26.8 Å². The molecule has 106 valence electrons. The number of piperidine rings is 1. The second kappa shape index (κ2) is 6.16. The quantitative estimate of drug-likeness (QED) is 0.849. The van der Waals surface area contributed by atoms with E-state index >= 15 is 0 Å². The van der Waals surface area contributed by atoms with Gasteiger partial charge in [-0.1, -0.05) is 0 Å². The van der Waals surface area contributed by atoms with Crippen molar-refractivity contribution in [2.24, 2.45) is 0 Å². The summed E-state index contributed by atoms with van der Waals surface area (Å²) in [6.07, 6.45) is 2.23. The van der Waals surface area contributed by atoms with Gasteiger partial charge in [0, 0.05) is 31.8 Å². The number of hydrogen-bond donors (Lipinski definition) is 2. The number of nitrogens with zero attached hydrogens (tertiary/aromatic N) is 3. The molecule has 1 aliphatic heterocycles. The van der Waals surface area contributed by atoms with E-state index < -0.39 is 0 Å². The maximum Gasteiger partial charge on any atom is 0.158 e. The van der Waals surface area contributed by atoms with Crippen molar-refractivity contribution in [1.29, 1.82) is 0 Å². The molecule has 6 heteroatoms. The van der Waals surface area contributed by atoms with Gasteiger partial charge in [0.05, 0.1) is 0 Å². The van der Waals surface area contributed by atoms with Crippen molar-refractivity contribution in [2.45, 2.75) is 38.5 Å². The molecular formula is C13H23N5O. The molecule has 2 rings (SSSR count). The Bertz CT molecular complexity index is 425. The standard InChI is InChI=1S/C13H23N5O/c1-9-6-10(4-5-18(9)2)15-12-7-11(14)16-13(17-12)8-19-3/h7,9-10H,4-6,8H2,1-3H3,(H3,14,15,16,17). The molecule has 0 radical (unpaired) electrons. The van der Waals surface area contributed by atoms with E-state index in [1.807, 2.05) is 0 Å². The average Bonchev–Trinajstić information content (AvgIpc) is 2.33. The molecule has 1 aliphatic rings. The third-order valence-electron chi connectivity index (χ3n) is 3.63. The largest absolute Gasteiger partial charge is 0.384 e. The smallest absolute Gasteiger partial charge is 0.158 e. The zero-order valence-corrected chi connectivity index (χ0v) is 11.9. The van der Waals surface area contributed by atoms with Gasteiger partial charge < -0.3 is 20.7 Å². The van der Waals surface area contributed by atoms with E-state index in [1.165, 1.54) is 0 Å². The topological polar surface area (TPSA) is 76.3 Å². The van der Waals surface area contributed by atoms with E-state index in [1.54, 1.807) is 13.2 Å².